The summed E-state index contributed by atoms with van der Waals surface area (Å²) in [4.78, 5) is 72.9. The van der Waals surface area contributed by atoms with Crippen LogP contribution < -0.4 is 21.7 Å². The molecule has 2 saturated carbocycles. The van der Waals surface area contributed by atoms with E-state index in [9.17, 15) is 24.0 Å². The maximum atomic E-state index is 14.3. The number of ketones is 1. The normalized spacial score (nSPS) is 23.9. The summed E-state index contributed by atoms with van der Waals surface area (Å²) in [6.07, 6.45) is 2.19. The Labute approximate surface area is 271 Å². The molecule has 12 heteroatoms. The molecule has 3 aliphatic rings. The number of likely N-dealkylation sites (tertiary alicyclic amines) is 1. The molecule has 1 heterocycles. The summed E-state index contributed by atoms with van der Waals surface area (Å²) in [6.45, 7) is 13.9. The van der Waals surface area contributed by atoms with Gasteiger partial charge in [-0.2, -0.15) is 0 Å². The monoisotopic (exact) mass is 638 g/mol. The third-order valence-corrected chi connectivity index (χ3v) is 9.80. The number of nitrogens with zero attached hydrogens (tertiary/aromatic N) is 2. The molecule has 5 N–H and O–H groups in total. The van der Waals surface area contributed by atoms with E-state index in [1.54, 1.807) is 0 Å². The fourth-order valence-corrected chi connectivity index (χ4v) is 6.84. The number of urea groups is 1. The maximum Gasteiger partial charge on any atom is 0.316 e. The Morgan fingerprint density at radius 3 is 2.20 bits per heavy atom. The molecule has 3 fully saturated rings. The lowest BCUT2D eigenvalue weighted by Crippen LogP contribution is -2.62. The first-order valence-electron chi connectivity index (χ1n) is 16.2. The number of fused-ring (bicyclic) bond motifs is 1. The first-order valence-corrected chi connectivity index (χ1v) is 16.2. The second-order valence-electron chi connectivity index (χ2n) is 15.0. The van der Waals surface area contributed by atoms with E-state index < -0.39 is 53.2 Å². The molecule has 6 atom stereocenters. The number of hydrogen-bond acceptors (Lipinski definition) is 7. The molecule has 0 spiro atoms. The van der Waals surface area contributed by atoms with E-state index in [0.29, 0.717) is 18.7 Å². The Morgan fingerprint density at radius 2 is 1.67 bits per heavy atom. The second kappa shape index (κ2) is 13.4. The highest BCUT2D eigenvalue weighted by molar-refractivity contribution is 6.37. The number of nitrogens with one attached hydrogen (secondary N) is 3. The molecular weight excluding hydrogens is 588 g/mol. The Hall–Kier alpha value is -3.96. The van der Waals surface area contributed by atoms with Crippen molar-refractivity contribution in [1.29, 1.82) is 0 Å². The van der Waals surface area contributed by atoms with Crippen LogP contribution in [0.1, 0.15) is 73.3 Å². The number of Topliss-reactive ketones (excluding diaryl/α,β-unsaturated/α-hetero) is 1. The van der Waals surface area contributed by atoms with Crippen molar-refractivity contribution in [3.63, 3.8) is 0 Å². The smallest absolute Gasteiger partial charge is 0.316 e. The number of primary amides is 1. The average molecular weight is 639 g/mol. The molecular formula is C34H50N6O6. The van der Waals surface area contributed by atoms with Gasteiger partial charge in [0.05, 0.1) is 12.1 Å². The highest BCUT2D eigenvalue weighted by Crippen LogP contribution is 2.65. The SMILES string of the molecule is CO/N=C(\c1ccccc1)[C@@H](NC(=O)N[C@H](C(=O)N1C[C@H]2[C@@H]([C@H]1C(=O)NC(CC1CC1)C(=O)C(N)=O)C2(C)C)C(C)(C)C)C(C)C. The second-order valence-corrected chi connectivity index (χ2v) is 15.0. The van der Waals surface area contributed by atoms with Crippen LogP contribution in [-0.4, -0.2) is 78.0 Å². The van der Waals surface area contributed by atoms with E-state index in [0.717, 1.165) is 18.4 Å². The van der Waals surface area contributed by atoms with Crippen molar-refractivity contribution < 1.29 is 28.8 Å². The molecule has 12 nitrogen and oxygen atoms in total. The lowest BCUT2D eigenvalue weighted by atomic mass is 9.85. The van der Waals surface area contributed by atoms with Crippen LogP contribution in [0.5, 0.6) is 0 Å². The van der Waals surface area contributed by atoms with Crippen molar-refractivity contribution >= 4 is 35.2 Å². The van der Waals surface area contributed by atoms with Crippen LogP contribution in [0.25, 0.3) is 0 Å². The molecule has 0 radical (unpaired) electrons. The van der Waals surface area contributed by atoms with Gasteiger partial charge in [0, 0.05) is 12.1 Å². The standard InChI is InChI=1S/C34H50N6O6/c1-18(2)24(25(39-46-8)20-12-10-9-11-13-20)37-32(45)38-28(33(3,4)5)31(44)40-17-21-23(34(21,6)7)26(40)30(43)36-22(16-19-14-15-19)27(41)29(35)42/h9-13,18-19,21-24,26,28H,14-17H2,1-8H3,(H2,35,42)(H,36,43)(H2,37,38,45)/b39-25+/t21-,22?,23-,24-,26-,28+/m0/s1. The van der Waals surface area contributed by atoms with Crippen LogP contribution in [0.15, 0.2) is 35.5 Å². The van der Waals surface area contributed by atoms with Gasteiger partial charge in [-0.3, -0.25) is 19.2 Å². The van der Waals surface area contributed by atoms with Gasteiger partial charge in [-0.1, -0.05) is 96.8 Å². The zero-order valence-electron chi connectivity index (χ0n) is 28.3. The van der Waals surface area contributed by atoms with Gasteiger partial charge >= 0.3 is 6.03 Å². The zero-order valence-corrected chi connectivity index (χ0v) is 28.3. The van der Waals surface area contributed by atoms with E-state index >= 15 is 0 Å². The molecule has 1 saturated heterocycles. The maximum absolute atomic E-state index is 14.3. The molecule has 46 heavy (non-hydrogen) atoms. The van der Waals surface area contributed by atoms with E-state index in [-0.39, 0.29) is 35.0 Å². The topological polar surface area (TPSA) is 172 Å². The minimum Gasteiger partial charge on any atom is -0.399 e. The first kappa shape index (κ1) is 34.9. The molecule has 5 amide bonds. The summed E-state index contributed by atoms with van der Waals surface area (Å²) in [5.41, 5.74) is 5.73. The van der Waals surface area contributed by atoms with Crippen LogP contribution >= 0.6 is 0 Å². The minimum atomic E-state index is -1.09. The van der Waals surface area contributed by atoms with Crippen molar-refractivity contribution in [2.24, 2.45) is 45.4 Å². The van der Waals surface area contributed by atoms with Crippen molar-refractivity contribution in [3.8, 4) is 0 Å². The van der Waals surface area contributed by atoms with E-state index in [2.05, 4.69) is 35.0 Å². The highest BCUT2D eigenvalue weighted by Gasteiger charge is 2.70. The van der Waals surface area contributed by atoms with Gasteiger partial charge in [-0.05, 0) is 40.9 Å². The number of piperidine rings is 1. The van der Waals surface area contributed by atoms with Crippen molar-refractivity contribution in [1.82, 2.24) is 20.9 Å². The third-order valence-electron chi connectivity index (χ3n) is 9.80. The van der Waals surface area contributed by atoms with Gasteiger partial charge in [0.15, 0.2) is 0 Å². The molecule has 1 aliphatic heterocycles. The number of carbonyl (C=O) groups is 5. The Kier molecular flexibility index (Phi) is 10.2. The molecule has 1 aromatic rings. The predicted molar refractivity (Wildman–Crippen MR) is 173 cm³/mol. The van der Waals surface area contributed by atoms with E-state index in [1.165, 1.54) is 12.0 Å². The van der Waals surface area contributed by atoms with Gasteiger partial charge in [-0.25, -0.2) is 4.79 Å². The van der Waals surface area contributed by atoms with Crippen LogP contribution in [0.4, 0.5) is 4.79 Å². The molecule has 2 aliphatic carbocycles. The summed E-state index contributed by atoms with van der Waals surface area (Å²) in [7, 11) is 1.45. The first-order chi connectivity index (χ1) is 21.5. The molecule has 1 unspecified atom stereocenters. The predicted octanol–water partition coefficient (Wildman–Crippen LogP) is 2.60. The number of benzene rings is 1. The summed E-state index contributed by atoms with van der Waals surface area (Å²) in [6, 6.07) is 5.43. The van der Waals surface area contributed by atoms with Gasteiger partial charge in [0.25, 0.3) is 5.91 Å². The van der Waals surface area contributed by atoms with E-state index in [1.807, 2.05) is 65.0 Å². The van der Waals surface area contributed by atoms with Crippen LogP contribution in [-0.2, 0) is 24.0 Å². The van der Waals surface area contributed by atoms with Crippen molar-refractivity contribution in [3.05, 3.63) is 35.9 Å². The van der Waals surface area contributed by atoms with Gasteiger partial charge in [0.2, 0.25) is 17.6 Å². The third kappa shape index (κ3) is 7.53. The largest absolute Gasteiger partial charge is 0.399 e. The number of oxime groups is 1. The number of nitrogens with two attached hydrogens (primary N) is 1. The van der Waals surface area contributed by atoms with Crippen LogP contribution in [0.3, 0.4) is 0 Å². The van der Waals surface area contributed by atoms with Crippen molar-refractivity contribution in [2.75, 3.05) is 13.7 Å². The fraction of sp³-hybridized carbons (Fsp3) is 0.647. The summed E-state index contributed by atoms with van der Waals surface area (Å²) in [5, 5.41) is 12.9. The zero-order chi connectivity index (χ0) is 34.1. The van der Waals surface area contributed by atoms with Crippen LogP contribution in [0, 0.1) is 34.5 Å². The van der Waals surface area contributed by atoms with Gasteiger partial charge < -0.3 is 31.4 Å². The molecule has 252 valence electrons. The van der Waals surface area contributed by atoms with Gasteiger partial charge in [-0.15, -0.1) is 0 Å². The summed E-state index contributed by atoms with van der Waals surface area (Å²) >= 11 is 0. The average Bonchev–Trinajstić information content (AvgIpc) is 3.83. The fourth-order valence-electron chi connectivity index (χ4n) is 6.84. The number of amides is 5. The molecule has 1 aromatic carbocycles. The Bertz CT molecular complexity index is 1370. The Morgan fingerprint density at radius 1 is 1.04 bits per heavy atom. The Balaban J connectivity index is 1.55. The number of hydrogen-bond donors (Lipinski definition) is 4. The van der Waals surface area contributed by atoms with Crippen LogP contribution in [0.2, 0.25) is 0 Å². The van der Waals surface area contributed by atoms with E-state index in [4.69, 9.17) is 10.6 Å². The molecule has 0 bridgehead atoms. The lowest BCUT2D eigenvalue weighted by Gasteiger charge is -2.38. The molecule has 4 rings (SSSR count). The van der Waals surface area contributed by atoms with Crippen molar-refractivity contribution in [2.45, 2.75) is 91.9 Å². The number of carbonyl (C=O) groups excluding carboxylic acids is 5. The highest BCUT2D eigenvalue weighted by atomic mass is 16.6. The lowest BCUT2D eigenvalue weighted by molar-refractivity contribution is -0.145. The quantitative estimate of drug-likeness (QED) is 0.147. The molecule has 0 aromatic heterocycles. The minimum absolute atomic E-state index is 0.0728. The summed E-state index contributed by atoms with van der Waals surface area (Å²) in [5.74, 6) is -2.66. The van der Waals surface area contributed by atoms with Gasteiger partial charge in [0.1, 0.15) is 24.9 Å². The summed E-state index contributed by atoms with van der Waals surface area (Å²) < 4.78 is 0. The number of rotatable bonds is 13.